The monoisotopic (exact) mass is 444 g/mol. The van der Waals surface area contributed by atoms with Crippen LogP contribution >= 0.6 is 34.3 Å². The van der Waals surface area contributed by atoms with E-state index in [1.54, 1.807) is 36.4 Å². The zero-order valence-corrected chi connectivity index (χ0v) is 18.2. The van der Waals surface area contributed by atoms with E-state index in [0.717, 1.165) is 20.7 Å². The van der Waals surface area contributed by atoms with Gasteiger partial charge in [-0.25, -0.2) is 9.36 Å². The fourth-order valence-corrected chi connectivity index (χ4v) is 5.24. The molecule has 0 saturated carbocycles. The summed E-state index contributed by atoms with van der Waals surface area (Å²) in [5.41, 5.74) is -0.583. The van der Waals surface area contributed by atoms with Crippen molar-refractivity contribution in [1.29, 1.82) is 0 Å². The molecule has 0 saturated heterocycles. The quantitative estimate of drug-likeness (QED) is 0.420. The molecular weight excluding hydrogens is 428 g/mol. The Morgan fingerprint density at radius 2 is 1.90 bits per heavy atom. The van der Waals surface area contributed by atoms with Gasteiger partial charge in [-0.05, 0) is 49.7 Å². The Kier molecular flexibility index (Phi) is 5.29. The Hall–Kier alpha value is -2.48. The molecule has 8 heteroatoms. The fraction of sp³-hybridized carbons (Fsp3) is 0.190. The number of hydrogen-bond acceptors (Lipinski definition) is 5. The molecule has 0 unspecified atom stereocenters. The molecule has 0 amide bonds. The average molecular weight is 445 g/mol. The second kappa shape index (κ2) is 7.74. The van der Waals surface area contributed by atoms with Crippen LogP contribution in [0.5, 0.6) is 0 Å². The molecular formula is C21H17ClN2O3S2. The van der Waals surface area contributed by atoms with Crippen molar-refractivity contribution in [2.75, 3.05) is 0 Å². The SMILES string of the molecule is CCc1ccc(C(=O)Cn2c(=O)n(-c3cccc(Cl)c3)c(=O)c3cc(C)sc32)s1. The van der Waals surface area contributed by atoms with E-state index < -0.39 is 11.2 Å². The smallest absolute Gasteiger partial charge is 0.291 e. The number of benzene rings is 1. The molecule has 0 atom stereocenters. The van der Waals surface area contributed by atoms with Crippen molar-refractivity contribution in [3.05, 3.63) is 83.0 Å². The van der Waals surface area contributed by atoms with Gasteiger partial charge in [0.1, 0.15) is 4.83 Å². The Morgan fingerprint density at radius 3 is 2.59 bits per heavy atom. The van der Waals surface area contributed by atoms with E-state index in [1.807, 2.05) is 19.9 Å². The van der Waals surface area contributed by atoms with Gasteiger partial charge in [-0.2, -0.15) is 0 Å². The molecule has 0 aliphatic carbocycles. The molecule has 3 aromatic heterocycles. The van der Waals surface area contributed by atoms with Crippen molar-refractivity contribution in [1.82, 2.24) is 9.13 Å². The van der Waals surface area contributed by atoms with Crippen LogP contribution in [0.15, 0.2) is 52.1 Å². The summed E-state index contributed by atoms with van der Waals surface area (Å²) >= 11 is 8.84. The summed E-state index contributed by atoms with van der Waals surface area (Å²) in [5.74, 6) is -0.152. The van der Waals surface area contributed by atoms with Crippen LogP contribution < -0.4 is 11.2 Å². The fourth-order valence-electron chi connectivity index (χ4n) is 3.19. The summed E-state index contributed by atoms with van der Waals surface area (Å²) < 4.78 is 2.47. The van der Waals surface area contributed by atoms with Gasteiger partial charge in [-0.15, -0.1) is 22.7 Å². The maximum absolute atomic E-state index is 13.3. The highest BCUT2D eigenvalue weighted by molar-refractivity contribution is 7.18. The highest BCUT2D eigenvalue weighted by Gasteiger charge is 2.20. The van der Waals surface area contributed by atoms with Crippen molar-refractivity contribution < 1.29 is 4.79 Å². The van der Waals surface area contributed by atoms with Crippen LogP contribution in [0, 0.1) is 6.92 Å². The first kappa shape index (κ1) is 19.8. The highest BCUT2D eigenvalue weighted by atomic mass is 35.5. The first-order valence-corrected chi connectivity index (χ1v) is 11.0. The molecule has 5 nitrogen and oxygen atoms in total. The zero-order valence-electron chi connectivity index (χ0n) is 15.8. The summed E-state index contributed by atoms with van der Waals surface area (Å²) in [7, 11) is 0. The van der Waals surface area contributed by atoms with Crippen LogP contribution in [-0.4, -0.2) is 14.9 Å². The maximum atomic E-state index is 13.3. The minimum Gasteiger partial charge on any atom is -0.291 e. The molecule has 148 valence electrons. The molecule has 0 aliphatic rings. The minimum atomic E-state index is -0.549. The molecule has 29 heavy (non-hydrogen) atoms. The van der Waals surface area contributed by atoms with E-state index in [2.05, 4.69) is 0 Å². The van der Waals surface area contributed by atoms with Gasteiger partial charge in [0.2, 0.25) is 0 Å². The van der Waals surface area contributed by atoms with Crippen LogP contribution in [-0.2, 0) is 13.0 Å². The summed E-state index contributed by atoms with van der Waals surface area (Å²) in [6.45, 7) is 3.78. The standard InChI is InChI=1S/C21H17ClN2O3S2/c1-3-15-7-8-18(29-15)17(25)11-23-20-16(9-12(2)28-20)19(26)24(21(23)27)14-6-4-5-13(22)10-14/h4-10H,3,11H2,1-2H3. The van der Waals surface area contributed by atoms with Crippen molar-refractivity contribution in [3.63, 3.8) is 0 Å². The molecule has 0 fully saturated rings. The molecule has 4 aromatic rings. The Morgan fingerprint density at radius 1 is 1.10 bits per heavy atom. The van der Waals surface area contributed by atoms with Crippen LogP contribution in [0.25, 0.3) is 15.9 Å². The number of thiophene rings is 2. The number of carbonyl (C=O) groups is 1. The summed E-state index contributed by atoms with van der Waals surface area (Å²) in [6, 6.07) is 12.0. The lowest BCUT2D eigenvalue weighted by Gasteiger charge is -2.11. The van der Waals surface area contributed by atoms with Crippen molar-refractivity contribution >= 4 is 50.3 Å². The van der Waals surface area contributed by atoms with E-state index in [9.17, 15) is 14.4 Å². The number of hydrogen-bond donors (Lipinski definition) is 0. The number of halogens is 1. The van der Waals surface area contributed by atoms with Crippen molar-refractivity contribution in [3.8, 4) is 5.69 Å². The Bertz CT molecular complexity index is 1360. The number of ketones is 1. The largest absolute Gasteiger partial charge is 0.337 e. The molecule has 0 bridgehead atoms. The third-order valence-electron chi connectivity index (χ3n) is 4.59. The predicted octanol–water partition coefficient (Wildman–Crippen LogP) is 4.68. The van der Waals surface area contributed by atoms with Gasteiger partial charge in [0.15, 0.2) is 5.78 Å². The number of rotatable bonds is 5. The molecule has 4 rings (SSSR count). The first-order valence-electron chi connectivity index (χ1n) is 9.03. The summed E-state index contributed by atoms with van der Waals surface area (Å²) in [5, 5.41) is 0.837. The summed E-state index contributed by atoms with van der Waals surface area (Å²) in [6.07, 6.45) is 0.853. The van der Waals surface area contributed by atoms with E-state index in [0.29, 0.717) is 25.8 Å². The number of fused-ring (bicyclic) bond motifs is 1. The lowest BCUT2D eigenvalue weighted by Crippen LogP contribution is -2.39. The minimum absolute atomic E-state index is 0.125. The van der Waals surface area contributed by atoms with Gasteiger partial charge in [0.05, 0.1) is 22.5 Å². The Labute approximate surface area is 179 Å². The van der Waals surface area contributed by atoms with Crippen LogP contribution in [0.2, 0.25) is 5.02 Å². The number of nitrogens with zero attached hydrogens (tertiary/aromatic N) is 2. The van der Waals surface area contributed by atoms with Crippen molar-refractivity contribution in [2.24, 2.45) is 0 Å². The summed E-state index contributed by atoms with van der Waals surface area (Å²) in [4.78, 5) is 42.4. The lowest BCUT2D eigenvalue weighted by molar-refractivity contribution is 0.0975. The topological polar surface area (TPSA) is 61.1 Å². The van der Waals surface area contributed by atoms with Gasteiger partial charge in [-0.1, -0.05) is 24.6 Å². The highest BCUT2D eigenvalue weighted by Crippen LogP contribution is 2.23. The molecule has 0 N–H and O–H groups in total. The van der Waals surface area contributed by atoms with Gasteiger partial charge in [-0.3, -0.25) is 14.2 Å². The van der Waals surface area contributed by atoms with E-state index in [1.165, 1.54) is 27.2 Å². The van der Waals surface area contributed by atoms with Crippen LogP contribution in [0.4, 0.5) is 0 Å². The average Bonchev–Trinajstić information content (AvgIpc) is 3.32. The molecule has 3 heterocycles. The second-order valence-corrected chi connectivity index (χ2v) is 9.45. The molecule has 0 aliphatic heterocycles. The number of aryl methyl sites for hydroxylation is 2. The molecule has 0 radical (unpaired) electrons. The maximum Gasteiger partial charge on any atom is 0.337 e. The lowest BCUT2D eigenvalue weighted by atomic mass is 10.2. The number of carbonyl (C=O) groups excluding carboxylic acids is 1. The zero-order chi connectivity index (χ0) is 20.7. The number of Topliss-reactive ketones (excluding diaryl/α,β-unsaturated/α-hetero) is 1. The van der Waals surface area contributed by atoms with Gasteiger partial charge >= 0.3 is 5.69 Å². The van der Waals surface area contributed by atoms with E-state index in [4.69, 9.17) is 11.6 Å². The van der Waals surface area contributed by atoms with Gasteiger partial charge in [0.25, 0.3) is 5.56 Å². The number of aromatic nitrogens is 2. The van der Waals surface area contributed by atoms with Crippen molar-refractivity contribution in [2.45, 2.75) is 26.8 Å². The predicted molar refractivity (Wildman–Crippen MR) is 119 cm³/mol. The van der Waals surface area contributed by atoms with Gasteiger partial charge < -0.3 is 0 Å². The third-order valence-corrected chi connectivity index (χ3v) is 7.17. The third kappa shape index (κ3) is 3.61. The second-order valence-electron chi connectivity index (χ2n) is 6.61. The van der Waals surface area contributed by atoms with Crippen LogP contribution in [0.1, 0.15) is 26.3 Å². The Balaban J connectivity index is 1.92. The van der Waals surface area contributed by atoms with Crippen LogP contribution in [0.3, 0.4) is 0 Å². The normalized spacial score (nSPS) is 11.3. The van der Waals surface area contributed by atoms with Gasteiger partial charge in [0, 0.05) is 14.8 Å². The first-order chi connectivity index (χ1) is 13.9. The van der Waals surface area contributed by atoms with E-state index >= 15 is 0 Å². The molecule has 0 spiro atoms. The van der Waals surface area contributed by atoms with E-state index in [-0.39, 0.29) is 12.3 Å². The molecule has 1 aromatic carbocycles.